The lowest BCUT2D eigenvalue weighted by molar-refractivity contribution is 0.0731. The Bertz CT molecular complexity index is 1150. The van der Waals surface area contributed by atoms with Crippen molar-refractivity contribution in [3.8, 4) is 17.2 Å². The van der Waals surface area contributed by atoms with E-state index in [2.05, 4.69) is 17.4 Å². The standard InChI is InChI=1S/C31H33NO4/c33-27-13-11-24(12-14-27)19-20-32-30(21-25-7-3-1-4-8-25)31(34)23-36-29-17-15-28(16-18-29)35-22-26-9-5-2-6-10-26/h1-18,30-34H,19-23H2. The molecule has 2 unspecified atom stereocenters. The average Bonchev–Trinajstić information content (AvgIpc) is 2.93. The van der Waals surface area contributed by atoms with E-state index in [1.54, 1.807) is 12.1 Å². The SMILES string of the molecule is Oc1ccc(CCNC(Cc2ccccc2)C(O)COc2ccc(OCc3ccccc3)cc2)cc1. The van der Waals surface area contributed by atoms with Gasteiger partial charge in [-0.3, -0.25) is 0 Å². The van der Waals surface area contributed by atoms with Crippen LogP contribution in [0.3, 0.4) is 0 Å². The number of aliphatic hydroxyl groups excluding tert-OH is 1. The molecule has 5 heteroatoms. The summed E-state index contributed by atoms with van der Waals surface area (Å²) in [5, 5.41) is 24.0. The summed E-state index contributed by atoms with van der Waals surface area (Å²) < 4.78 is 11.7. The van der Waals surface area contributed by atoms with E-state index in [1.807, 2.05) is 84.9 Å². The van der Waals surface area contributed by atoms with Crippen molar-refractivity contribution in [1.82, 2.24) is 5.32 Å². The van der Waals surface area contributed by atoms with Gasteiger partial charge < -0.3 is 25.0 Å². The topological polar surface area (TPSA) is 71.0 Å². The van der Waals surface area contributed by atoms with Gasteiger partial charge in [-0.05, 0) is 72.5 Å². The summed E-state index contributed by atoms with van der Waals surface area (Å²) in [5.74, 6) is 1.71. The molecule has 0 spiro atoms. The van der Waals surface area contributed by atoms with E-state index in [0.29, 0.717) is 25.3 Å². The van der Waals surface area contributed by atoms with Crippen LogP contribution in [-0.2, 0) is 19.4 Å². The average molecular weight is 484 g/mol. The second kappa shape index (κ2) is 13.3. The molecule has 0 aliphatic rings. The van der Waals surface area contributed by atoms with Gasteiger partial charge in [-0.1, -0.05) is 72.8 Å². The molecule has 0 aromatic heterocycles. The van der Waals surface area contributed by atoms with Crippen molar-refractivity contribution < 1.29 is 19.7 Å². The molecule has 0 bridgehead atoms. The maximum atomic E-state index is 11.0. The minimum Gasteiger partial charge on any atom is -0.508 e. The molecule has 0 fully saturated rings. The van der Waals surface area contributed by atoms with Crippen LogP contribution in [0.2, 0.25) is 0 Å². The third kappa shape index (κ3) is 8.15. The summed E-state index contributed by atoms with van der Waals surface area (Å²) in [6, 6.07) is 34.7. The van der Waals surface area contributed by atoms with Crippen molar-refractivity contribution in [3.63, 3.8) is 0 Å². The zero-order valence-corrected chi connectivity index (χ0v) is 20.3. The third-order valence-electron chi connectivity index (χ3n) is 6.01. The first-order valence-electron chi connectivity index (χ1n) is 12.3. The summed E-state index contributed by atoms with van der Waals surface area (Å²) in [7, 11) is 0. The second-order valence-corrected chi connectivity index (χ2v) is 8.79. The fourth-order valence-corrected chi connectivity index (χ4v) is 3.95. The van der Waals surface area contributed by atoms with Crippen molar-refractivity contribution in [3.05, 3.63) is 126 Å². The largest absolute Gasteiger partial charge is 0.508 e. The van der Waals surface area contributed by atoms with Gasteiger partial charge in [0, 0.05) is 6.04 Å². The number of phenolic OH excluding ortho intramolecular Hbond substituents is 1. The van der Waals surface area contributed by atoms with Crippen molar-refractivity contribution in [1.29, 1.82) is 0 Å². The number of hydrogen-bond acceptors (Lipinski definition) is 5. The first-order chi connectivity index (χ1) is 17.7. The lowest BCUT2D eigenvalue weighted by atomic mass is 10.0. The Balaban J connectivity index is 1.29. The monoisotopic (exact) mass is 483 g/mol. The van der Waals surface area contributed by atoms with E-state index in [0.717, 1.165) is 28.9 Å². The smallest absolute Gasteiger partial charge is 0.120 e. The molecule has 4 aromatic rings. The molecular weight excluding hydrogens is 450 g/mol. The molecule has 0 saturated heterocycles. The molecule has 5 nitrogen and oxygen atoms in total. The van der Waals surface area contributed by atoms with Crippen molar-refractivity contribution >= 4 is 0 Å². The Labute approximate surface area is 213 Å². The number of hydrogen-bond donors (Lipinski definition) is 3. The quantitative estimate of drug-likeness (QED) is 0.245. The number of ether oxygens (including phenoxy) is 2. The van der Waals surface area contributed by atoms with Crippen LogP contribution in [0.5, 0.6) is 17.2 Å². The van der Waals surface area contributed by atoms with Gasteiger partial charge in [-0.2, -0.15) is 0 Å². The maximum absolute atomic E-state index is 11.0. The molecular formula is C31H33NO4. The number of aliphatic hydroxyl groups is 1. The molecule has 0 radical (unpaired) electrons. The summed E-state index contributed by atoms with van der Waals surface area (Å²) in [5.41, 5.74) is 3.39. The van der Waals surface area contributed by atoms with Gasteiger partial charge in [-0.15, -0.1) is 0 Å². The number of phenols is 1. The summed E-state index contributed by atoms with van der Waals surface area (Å²) in [6.45, 7) is 1.39. The molecule has 3 N–H and O–H groups in total. The number of benzene rings is 4. The Morgan fingerprint density at radius 3 is 1.86 bits per heavy atom. The first kappa shape index (κ1) is 25.3. The van der Waals surface area contributed by atoms with Crippen molar-refractivity contribution in [2.24, 2.45) is 0 Å². The fraction of sp³-hybridized carbons (Fsp3) is 0.226. The van der Waals surface area contributed by atoms with E-state index < -0.39 is 6.10 Å². The molecule has 0 heterocycles. The maximum Gasteiger partial charge on any atom is 0.120 e. The molecule has 4 rings (SSSR count). The second-order valence-electron chi connectivity index (χ2n) is 8.79. The summed E-state index contributed by atoms with van der Waals surface area (Å²) in [4.78, 5) is 0. The van der Waals surface area contributed by atoms with Crippen LogP contribution < -0.4 is 14.8 Å². The van der Waals surface area contributed by atoms with E-state index in [1.165, 1.54) is 0 Å². The lowest BCUT2D eigenvalue weighted by Crippen LogP contribution is -2.45. The summed E-state index contributed by atoms with van der Waals surface area (Å²) in [6.07, 6.45) is 0.788. The van der Waals surface area contributed by atoms with Crippen LogP contribution in [0.15, 0.2) is 109 Å². The highest BCUT2D eigenvalue weighted by Gasteiger charge is 2.20. The van der Waals surface area contributed by atoms with E-state index in [-0.39, 0.29) is 18.4 Å². The predicted octanol–water partition coefficient (Wildman–Crippen LogP) is 5.15. The zero-order valence-electron chi connectivity index (χ0n) is 20.3. The first-order valence-corrected chi connectivity index (χ1v) is 12.3. The molecule has 4 aromatic carbocycles. The van der Waals surface area contributed by atoms with Crippen LogP contribution in [0.25, 0.3) is 0 Å². The minimum atomic E-state index is -0.695. The van der Waals surface area contributed by atoms with Crippen LogP contribution in [0.1, 0.15) is 16.7 Å². The normalized spacial score (nSPS) is 12.6. The highest BCUT2D eigenvalue weighted by Crippen LogP contribution is 2.19. The zero-order chi connectivity index (χ0) is 25.0. The van der Waals surface area contributed by atoms with Gasteiger partial charge in [0.15, 0.2) is 0 Å². The highest BCUT2D eigenvalue weighted by atomic mass is 16.5. The predicted molar refractivity (Wildman–Crippen MR) is 142 cm³/mol. The highest BCUT2D eigenvalue weighted by molar-refractivity contribution is 5.31. The molecule has 2 atom stereocenters. The van der Waals surface area contributed by atoms with Crippen molar-refractivity contribution in [2.45, 2.75) is 31.6 Å². The van der Waals surface area contributed by atoms with Gasteiger partial charge in [0.25, 0.3) is 0 Å². The summed E-state index contributed by atoms with van der Waals surface area (Å²) >= 11 is 0. The van der Waals surface area contributed by atoms with E-state index in [9.17, 15) is 10.2 Å². The van der Waals surface area contributed by atoms with Crippen LogP contribution in [-0.4, -0.2) is 35.5 Å². The van der Waals surface area contributed by atoms with Gasteiger partial charge >= 0.3 is 0 Å². The number of rotatable bonds is 13. The Kier molecular flexibility index (Phi) is 9.37. The molecule has 36 heavy (non-hydrogen) atoms. The van der Waals surface area contributed by atoms with Crippen LogP contribution >= 0.6 is 0 Å². The third-order valence-corrected chi connectivity index (χ3v) is 6.01. The lowest BCUT2D eigenvalue weighted by Gasteiger charge is -2.25. The number of nitrogens with one attached hydrogen (secondary N) is 1. The molecule has 0 aliphatic heterocycles. The van der Waals surface area contributed by atoms with Gasteiger partial charge in [-0.25, -0.2) is 0 Å². The van der Waals surface area contributed by atoms with Crippen LogP contribution in [0, 0.1) is 0 Å². The Morgan fingerprint density at radius 1 is 0.639 bits per heavy atom. The van der Waals surface area contributed by atoms with Crippen LogP contribution in [0.4, 0.5) is 0 Å². The molecule has 186 valence electrons. The Morgan fingerprint density at radius 2 is 1.22 bits per heavy atom. The minimum absolute atomic E-state index is 0.169. The van der Waals surface area contributed by atoms with E-state index in [4.69, 9.17) is 9.47 Å². The van der Waals surface area contributed by atoms with Gasteiger partial charge in [0.05, 0.1) is 0 Å². The Hall–Kier alpha value is -3.80. The van der Waals surface area contributed by atoms with E-state index >= 15 is 0 Å². The van der Waals surface area contributed by atoms with Gasteiger partial charge in [0.2, 0.25) is 0 Å². The fourth-order valence-electron chi connectivity index (χ4n) is 3.95. The number of aromatic hydroxyl groups is 1. The molecule has 0 saturated carbocycles. The van der Waals surface area contributed by atoms with Crippen molar-refractivity contribution in [2.75, 3.05) is 13.2 Å². The molecule has 0 aliphatic carbocycles. The van der Waals surface area contributed by atoms with Gasteiger partial charge in [0.1, 0.15) is 36.6 Å². The molecule has 0 amide bonds.